The second-order valence-electron chi connectivity index (χ2n) is 9.41. The van der Waals surface area contributed by atoms with Gasteiger partial charge in [-0.15, -0.1) is 0 Å². The van der Waals surface area contributed by atoms with Gasteiger partial charge in [0.1, 0.15) is 10.8 Å². The third kappa shape index (κ3) is 6.67. The van der Waals surface area contributed by atoms with Crippen molar-refractivity contribution >= 4 is 41.0 Å². The second-order valence-corrected chi connectivity index (χ2v) is 10.9. The van der Waals surface area contributed by atoms with Gasteiger partial charge in [0, 0.05) is 29.9 Å². The summed E-state index contributed by atoms with van der Waals surface area (Å²) in [6.45, 7) is 7.25. The van der Waals surface area contributed by atoms with E-state index < -0.39 is 6.09 Å². The fraction of sp³-hybridized carbons (Fsp3) is 0.542. The maximum atomic E-state index is 10.9. The molecule has 3 heterocycles. The quantitative estimate of drug-likeness (QED) is 0.486. The molecule has 0 radical (unpaired) electrons. The molecule has 2 fully saturated rings. The van der Waals surface area contributed by atoms with Crippen LogP contribution in [0.3, 0.4) is 0 Å². The molecule has 2 saturated heterocycles. The number of benzene rings is 1. The van der Waals surface area contributed by atoms with Gasteiger partial charge >= 0.3 is 6.09 Å². The summed E-state index contributed by atoms with van der Waals surface area (Å²) in [6, 6.07) is 6.06. The molecule has 0 aliphatic carbocycles. The van der Waals surface area contributed by atoms with Crippen LogP contribution in [0.25, 0.3) is 0 Å². The Bertz CT molecular complexity index is 962. The summed E-state index contributed by atoms with van der Waals surface area (Å²) in [4.78, 5) is 23.4. The smallest absolute Gasteiger partial charge is 0.404 e. The second kappa shape index (κ2) is 11.5. The molecule has 2 aromatic rings. The highest BCUT2D eigenvalue weighted by molar-refractivity contribution is 7.99. The summed E-state index contributed by atoms with van der Waals surface area (Å²) < 4.78 is 5.03. The van der Waals surface area contributed by atoms with Gasteiger partial charge in [-0.25, -0.2) is 14.8 Å². The Balaban J connectivity index is 1.32. The molecule has 0 atom stereocenters. The number of aromatic nitrogens is 2. The molecule has 8 nitrogen and oxygen atoms in total. The van der Waals surface area contributed by atoms with Crippen LogP contribution in [0.5, 0.6) is 0 Å². The van der Waals surface area contributed by atoms with Crippen LogP contribution < -0.4 is 21.3 Å². The molecule has 0 spiro atoms. The molecule has 4 rings (SSSR count). The summed E-state index contributed by atoms with van der Waals surface area (Å²) in [5.41, 5.74) is 6.02. The fourth-order valence-electron chi connectivity index (χ4n) is 4.37. The van der Waals surface area contributed by atoms with Crippen LogP contribution in [0.4, 0.5) is 16.3 Å². The number of piperidine rings is 2. The molecule has 184 valence electrons. The van der Waals surface area contributed by atoms with E-state index in [1.54, 1.807) is 6.20 Å². The Hall–Kier alpha value is -2.23. The number of nitrogens with two attached hydrogens (primary N) is 1. The summed E-state index contributed by atoms with van der Waals surface area (Å²) >= 11 is 8.23. The van der Waals surface area contributed by atoms with Crippen molar-refractivity contribution in [2.45, 2.75) is 42.5 Å². The number of carbonyl (C=O) groups excluding carboxylic acids is 1. The monoisotopic (exact) mass is 504 g/mol. The minimum absolute atomic E-state index is 0.0571. The fourth-order valence-corrected chi connectivity index (χ4v) is 5.46. The number of nitrogens with zero attached hydrogens (tertiary/aromatic N) is 3. The lowest BCUT2D eigenvalue weighted by Gasteiger charge is -2.39. The minimum atomic E-state index is -0.717. The Morgan fingerprint density at radius 3 is 2.74 bits per heavy atom. The minimum Gasteiger partial charge on any atom is -0.449 e. The first-order valence-corrected chi connectivity index (χ1v) is 13.0. The largest absolute Gasteiger partial charge is 0.449 e. The van der Waals surface area contributed by atoms with Crippen LogP contribution >= 0.6 is 23.4 Å². The number of ether oxygens (including phenoxy) is 1. The van der Waals surface area contributed by atoms with Crippen molar-refractivity contribution in [2.75, 3.05) is 49.5 Å². The molecule has 4 N–H and O–H groups in total. The Morgan fingerprint density at radius 1 is 1.29 bits per heavy atom. The number of amides is 1. The van der Waals surface area contributed by atoms with Gasteiger partial charge in [-0.3, -0.25) is 0 Å². The van der Waals surface area contributed by atoms with Gasteiger partial charge in [0.2, 0.25) is 0 Å². The SMILES string of the molecule is CC1(COC(N)=O)CCN(c2cnc(Sc3cccc(NCC4CCNCC4)c3Cl)cn2)CC1. The van der Waals surface area contributed by atoms with Crippen LogP contribution in [0.1, 0.15) is 32.6 Å². The highest BCUT2D eigenvalue weighted by Crippen LogP contribution is 2.37. The van der Waals surface area contributed by atoms with E-state index in [4.69, 9.17) is 22.1 Å². The van der Waals surface area contributed by atoms with Gasteiger partial charge < -0.3 is 26.0 Å². The Kier molecular flexibility index (Phi) is 8.39. The molecule has 2 aliphatic rings. The van der Waals surface area contributed by atoms with E-state index >= 15 is 0 Å². The molecular weight excluding hydrogens is 472 g/mol. The molecule has 2 aliphatic heterocycles. The number of rotatable bonds is 8. The van der Waals surface area contributed by atoms with Crippen molar-refractivity contribution in [3.8, 4) is 0 Å². The lowest BCUT2D eigenvalue weighted by Crippen LogP contribution is -2.42. The molecule has 1 aromatic heterocycles. The number of anilines is 2. The first-order chi connectivity index (χ1) is 16.4. The van der Waals surface area contributed by atoms with E-state index in [2.05, 4.69) is 32.4 Å². The molecule has 0 unspecified atom stereocenters. The van der Waals surface area contributed by atoms with Crippen molar-refractivity contribution in [2.24, 2.45) is 17.1 Å². The Morgan fingerprint density at radius 2 is 2.06 bits per heavy atom. The zero-order valence-electron chi connectivity index (χ0n) is 19.6. The van der Waals surface area contributed by atoms with Gasteiger partial charge in [0.15, 0.2) is 0 Å². The predicted molar refractivity (Wildman–Crippen MR) is 137 cm³/mol. The number of nitrogens with one attached hydrogen (secondary N) is 2. The first-order valence-electron chi connectivity index (χ1n) is 11.8. The summed E-state index contributed by atoms with van der Waals surface area (Å²) in [5, 5.41) is 8.46. The zero-order chi connectivity index (χ0) is 24.0. The number of halogens is 1. The summed E-state index contributed by atoms with van der Waals surface area (Å²) in [5.74, 6) is 1.53. The van der Waals surface area contributed by atoms with E-state index in [9.17, 15) is 4.79 Å². The maximum absolute atomic E-state index is 10.9. The van der Waals surface area contributed by atoms with Crippen molar-refractivity contribution in [1.82, 2.24) is 15.3 Å². The van der Waals surface area contributed by atoms with E-state index in [0.29, 0.717) is 12.5 Å². The van der Waals surface area contributed by atoms with Crippen molar-refractivity contribution < 1.29 is 9.53 Å². The highest BCUT2D eigenvalue weighted by atomic mass is 35.5. The third-order valence-electron chi connectivity index (χ3n) is 6.69. The molecule has 1 aromatic carbocycles. The number of hydrogen-bond acceptors (Lipinski definition) is 8. The average Bonchev–Trinajstić information content (AvgIpc) is 2.85. The standard InChI is InChI=1S/C24H33ClN6O2S/c1-24(16-33-23(26)32)7-11-31(12-8-24)20-14-30-21(15-29-20)34-19-4-2-3-18(22(19)25)28-13-17-5-9-27-10-6-17/h2-4,14-15,17,27-28H,5-13,16H2,1H3,(H2,26,32). The normalized spacial score (nSPS) is 18.5. The molecule has 1 amide bonds. The van der Waals surface area contributed by atoms with Crippen LogP contribution in [-0.4, -0.2) is 55.4 Å². The van der Waals surface area contributed by atoms with Crippen molar-refractivity contribution in [3.05, 3.63) is 35.6 Å². The lowest BCUT2D eigenvalue weighted by molar-refractivity contribution is 0.0818. The highest BCUT2D eigenvalue weighted by Gasteiger charge is 2.32. The van der Waals surface area contributed by atoms with E-state index in [1.165, 1.54) is 24.6 Å². The van der Waals surface area contributed by atoms with Crippen molar-refractivity contribution in [3.63, 3.8) is 0 Å². The van der Waals surface area contributed by atoms with Crippen LogP contribution in [0.15, 0.2) is 40.5 Å². The van der Waals surface area contributed by atoms with Gasteiger partial charge in [-0.05, 0) is 56.8 Å². The number of carbonyl (C=O) groups is 1. The predicted octanol–water partition coefficient (Wildman–Crippen LogP) is 4.39. The average molecular weight is 505 g/mol. The molecule has 0 saturated carbocycles. The summed E-state index contributed by atoms with van der Waals surface area (Å²) in [7, 11) is 0. The van der Waals surface area contributed by atoms with E-state index in [0.717, 1.165) is 72.0 Å². The number of primary amides is 1. The molecular formula is C24H33ClN6O2S. The van der Waals surface area contributed by atoms with E-state index in [-0.39, 0.29) is 5.41 Å². The number of hydrogen-bond donors (Lipinski definition) is 3. The van der Waals surface area contributed by atoms with Crippen molar-refractivity contribution in [1.29, 1.82) is 0 Å². The molecule has 0 bridgehead atoms. The lowest BCUT2D eigenvalue weighted by atomic mass is 9.81. The van der Waals surface area contributed by atoms with Gasteiger partial charge in [0.25, 0.3) is 0 Å². The van der Waals surface area contributed by atoms with Gasteiger partial charge in [-0.2, -0.15) is 0 Å². The van der Waals surface area contributed by atoms with Gasteiger partial charge in [0.05, 0.1) is 29.7 Å². The van der Waals surface area contributed by atoms with Gasteiger partial charge in [-0.1, -0.05) is 36.4 Å². The Labute approximate surface area is 210 Å². The topological polar surface area (TPSA) is 105 Å². The molecule has 34 heavy (non-hydrogen) atoms. The maximum Gasteiger partial charge on any atom is 0.404 e. The zero-order valence-corrected chi connectivity index (χ0v) is 21.1. The van der Waals surface area contributed by atoms with Crippen LogP contribution in [-0.2, 0) is 4.74 Å². The first kappa shape index (κ1) is 24.9. The van der Waals surface area contributed by atoms with E-state index in [1.807, 2.05) is 24.4 Å². The van der Waals surface area contributed by atoms with Crippen LogP contribution in [0, 0.1) is 11.3 Å². The third-order valence-corrected chi connectivity index (χ3v) is 8.19. The molecule has 10 heteroatoms. The summed E-state index contributed by atoms with van der Waals surface area (Å²) in [6.07, 6.45) is 7.08. The van der Waals surface area contributed by atoms with Crippen LogP contribution in [0.2, 0.25) is 5.02 Å².